The predicted molar refractivity (Wildman–Crippen MR) is 80.8 cm³/mol. The Morgan fingerprint density at radius 1 is 1.22 bits per heavy atom. The molecule has 1 N–H and O–H groups in total. The standard InChI is InChI=1S/C16H13N5O2/c17-8-13-16(19-20-18-13)12-4-6-21(9-12)5-3-11-1-2-14-15(7-11)23-10-22-14/h1-2,4,6-7,9H,3,5,10H2,(H,18,19,20). The Labute approximate surface area is 132 Å². The van der Waals surface area contributed by atoms with Gasteiger partial charge in [0.25, 0.3) is 0 Å². The van der Waals surface area contributed by atoms with Crippen LogP contribution in [0.5, 0.6) is 11.5 Å². The molecule has 0 fully saturated rings. The molecule has 1 aliphatic rings. The third-order valence-corrected chi connectivity index (χ3v) is 3.77. The first-order chi connectivity index (χ1) is 11.3. The number of nitrogens with zero attached hydrogens (tertiary/aromatic N) is 4. The summed E-state index contributed by atoms with van der Waals surface area (Å²) in [5.74, 6) is 1.60. The Kier molecular flexibility index (Phi) is 3.20. The van der Waals surface area contributed by atoms with Crippen molar-refractivity contribution in [2.24, 2.45) is 0 Å². The van der Waals surface area contributed by atoms with Crippen LogP contribution < -0.4 is 9.47 Å². The number of aryl methyl sites for hydroxylation is 2. The number of H-pyrrole nitrogens is 1. The first-order valence-electron chi connectivity index (χ1n) is 7.19. The van der Waals surface area contributed by atoms with Gasteiger partial charge in [-0.1, -0.05) is 6.07 Å². The summed E-state index contributed by atoms with van der Waals surface area (Å²) in [6.45, 7) is 1.11. The van der Waals surface area contributed by atoms with E-state index in [1.807, 2.05) is 42.7 Å². The Bertz CT molecular complexity index is 890. The minimum Gasteiger partial charge on any atom is -0.454 e. The van der Waals surface area contributed by atoms with Crippen LogP contribution in [0.4, 0.5) is 0 Å². The van der Waals surface area contributed by atoms with Gasteiger partial charge in [-0.15, -0.1) is 5.10 Å². The summed E-state index contributed by atoms with van der Waals surface area (Å²) in [6.07, 6.45) is 4.80. The maximum atomic E-state index is 9.00. The molecule has 114 valence electrons. The van der Waals surface area contributed by atoms with Gasteiger partial charge < -0.3 is 14.0 Å². The molecular weight excluding hydrogens is 294 g/mol. The zero-order valence-electron chi connectivity index (χ0n) is 12.2. The molecule has 1 aliphatic heterocycles. The van der Waals surface area contributed by atoms with Crippen molar-refractivity contribution in [2.75, 3.05) is 6.79 Å². The van der Waals surface area contributed by atoms with Gasteiger partial charge in [0, 0.05) is 24.5 Å². The number of nitrogens with one attached hydrogen (secondary N) is 1. The molecule has 0 amide bonds. The lowest BCUT2D eigenvalue weighted by Crippen LogP contribution is -1.98. The summed E-state index contributed by atoms with van der Waals surface area (Å²) in [5, 5.41) is 19.3. The lowest BCUT2D eigenvalue weighted by molar-refractivity contribution is 0.174. The largest absolute Gasteiger partial charge is 0.454 e. The van der Waals surface area contributed by atoms with Crippen LogP contribution in [-0.2, 0) is 13.0 Å². The van der Waals surface area contributed by atoms with Crippen LogP contribution in [0.3, 0.4) is 0 Å². The number of nitriles is 1. The summed E-state index contributed by atoms with van der Waals surface area (Å²) in [7, 11) is 0. The number of rotatable bonds is 4. The Hall–Kier alpha value is -3.27. The molecule has 2 aromatic heterocycles. The highest BCUT2D eigenvalue weighted by atomic mass is 16.7. The summed E-state index contributed by atoms with van der Waals surface area (Å²) in [5.41, 5.74) is 2.94. The van der Waals surface area contributed by atoms with Crippen LogP contribution in [0.15, 0.2) is 36.7 Å². The van der Waals surface area contributed by atoms with Gasteiger partial charge in [-0.2, -0.15) is 15.6 Å². The van der Waals surface area contributed by atoms with Crippen molar-refractivity contribution in [1.29, 1.82) is 5.26 Å². The minimum atomic E-state index is 0.290. The Morgan fingerprint density at radius 3 is 3.04 bits per heavy atom. The number of hydrogen-bond donors (Lipinski definition) is 1. The van der Waals surface area contributed by atoms with Crippen molar-refractivity contribution in [3.63, 3.8) is 0 Å². The smallest absolute Gasteiger partial charge is 0.231 e. The van der Waals surface area contributed by atoms with E-state index < -0.39 is 0 Å². The molecule has 23 heavy (non-hydrogen) atoms. The monoisotopic (exact) mass is 307 g/mol. The first-order valence-corrected chi connectivity index (χ1v) is 7.19. The molecule has 0 spiro atoms. The molecule has 0 atom stereocenters. The highest BCUT2D eigenvalue weighted by Gasteiger charge is 2.13. The van der Waals surface area contributed by atoms with Crippen LogP contribution in [0, 0.1) is 11.3 Å². The highest BCUT2D eigenvalue weighted by Crippen LogP contribution is 2.32. The van der Waals surface area contributed by atoms with Crippen molar-refractivity contribution in [1.82, 2.24) is 20.0 Å². The van der Waals surface area contributed by atoms with Gasteiger partial charge in [0.05, 0.1) is 0 Å². The second kappa shape index (κ2) is 5.50. The van der Waals surface area contributed by atoms with Gasteiger partial charge in [-0.05, 0) is 30.2 Å². The van der Waals surface area contributed by atoms with Crippen molar-refractivity contribution < 1.29 is 9.47 Å². The summed E-state index contributed by atoms with van der Waals surface area (Å²) in [6, 6.07) is 9.95. The van der Waals surface area contributed by atoms with E-state index in [0.717, 1.165) is 30.0 Å². The number of benzene rings is 1. The van der Waals surface area contributed by atoms with Crippen LogP contribution in [0.1, 0.15) is 11.3 Å². The van der Waals surface area contributed by atoms with E-state index in [2.05, 4.69) is 20.0 Å². The molecule has 3 heterocycles. The number of aromatic nitrogens is 4. The molecule has 0 aliphatic carbocycles. The maximum absolute atomic E-state index is 9.00. The zero-order valence-corrected chi connectivity index (χ0v) is 12.2. The molecule has 0 unspecified atom stereocenters. The second-order valence-corrected chi connectivity index (χ2v) is 5.21. The zero-order chi connectivity index (χ0) is 15.6. The summed E-state index contributed by atoms with van der Waals surface area (Å²) in [4.78, 5) is 0. The van der Waals surface area contributed by atoms with E-state index in [1.165, 1.54) is 5.56 Å². The molecule has 7 nitrogen and oxygen atoms in total. The van der Waals surface area contributed by atoms with Gasteiger partial charge in [-0.3, -0.25) is 0 Å². The van der Waals surface area contributed by atoms with Crippen LogP contribution in [0.2, 0.25) is 0 Å². The average molecular weight is 307 g/mol. The number of fused-ring (bicyclic) bond motifs is 1. The topological polar surface area (TPSA) is 88.8 Å². The van der Waals surface area contributed by atoms with E-state index in [-0.39, 0.29) is 0 Å². The van der Waals surface area contributed by atoms with Gasteiger partial charge in [0.1, 0.15) is 11.8 Å². The fourth-order valence-electron chi connectivity index (χ4n) is 2.58. The predicted octanol–water partition coefficient (Wildman–Crippen LogP) is 2.12. The molecule has 4 rings (SSSR count). The molecule has 7 heteroatoms. The fraction of sp³-hybridized carbons (Fsp3) is 0.188. The quantitative estimate of drug-likeness (QED) is 0.797. The number of hydrogen-bond acceptors (Lipinski definition) is 5. The summed E-state index contributed by atoms with van der Waals surface area (Å²) >= 11 is 0. The van der Waals surface area contributed by atoms with Crippen LogP contribution in [-0.4, -0.2) is 26.8 Å². The van der Waals surface area contributed by atoms with Gasteiger partial charge in [0.15, 0.2) is 17.2 Å². The molecule has 0 saturated heterocycles. The molecule has 1 aromatic carbocycles. The fourth-order valence-corrected chi connectivity index (χ4v) is 2.58. The Balaban J connectivity index is 1.47. The second-order valence-electron chi connectivity index (χ2n) is 5.21. The normalized spacial score (nSPS) is 12.3. The minimum absolute atomic E-state index is 0.290. The Morgan fingerprint density at radius 2 is 2.13 bits per heavy atom. The molecule has 0 bridgehead atoms. The average Bonchev–Trinajstić information content (AvgIpc) is 3.30. The number of aromatic amines is 1. The van der Waals surface area contributed by atoms with Crippen LogP contribution in [0.25, 0.3) is 11.3 Å². The van der Waals surface area contributed by atoms with Crippen molar-refractivity contribution in [2.45, 2.75) is 13.0 Å². The number of ether oxygens (including phenoxy) is 2. The highest BCUT2D eigenvalue weighted by molar-refractivity contribution is 5.63. The molecular formula is C16H13N5O2. The molecule has 0 radical (unpaired) electrons. The summed E-state index contributed by atoms with van der Waals surface area (Å²) < 4.78 is 12.8. The third kappa shape index (κ3) is 2.51. The third-order valence-electron chi connectivity index (χ3n) is 3.77. The van der Waals surface area contributed by atoms with E-state index in [9.17, 15) is 0 Å². The lowest BCUT2D eigenvalue weighted by Gasteiger charge is -2.04. The van der Waals surface area contributed by atoms with Crippen molar-refractivity contribution in [3.8, 4) is 28.8 Å². The van der Waals surface area contributed by atoms with Crippen LogP contribution >= 0.6 is 0 Å². The van der Waals surface area contributed by atoms with E-state index in [0.29, 0.717) is 18.2 Å². The van der Waals surface area contributed by atoms with E-state index >= 15 is 0 Å². The van der Waals surface area contributed by atoms with Gasteiger partial charge in [-0.25, -0.2) is 0 Å². The first kappa shape index (κ1) is 13.4. The van der Waals surface area contributed by atoms with E-state index in [4.69, 9.17) is 14.7 Å². The maximum Gasteiger partial charge on any atom is 0.231 e. The van der Waals surface area contributed by atoms with E-state index in [1.54, 1.807) is 0 Å². The van der Waals surface area contributed by atoms with Crippen molar-refractivity contribution >= 4 is 0 Å². The molecule has 0 saturated carbocycles. The lowest BCUT2D eigenvalue weighted by atomic mass is 10.1. The van der Waals surface area contributed by atoms with Gasteiger partial charge >= 0.3 is 0 Å². The van der Waals surface area contributed by atoms with Crippen molar-refractivity contribution in [3.05, 3.63) is 47.9 Å². The molecule has 3 aromatic rings. The van der Waals surface area contributed by atoms with Gasteiger partial charge in [0.2, 0.25) is 6.79 Å². The SMILES string of the molecule is N#Cc1n[nH]nc1-c1ccn(CCc2ccc3c(c2)OCO3)c1.